The SMILES string of the molecule is CCCCCCCC/C=C\CCCCCCCC(=O)ON.CCCCO. The van der Waals surface area contributed by atoms with Gasteiger partial charge in [-0.05, 0) is 38.5 Å². The first kappa shape index (κ1) is 27.3. The number of hydrogen-bond donors (Lipinski definition) is 2. The minimum absolute atomic E-state index is 0.298. The predicted molar refractivity (Wildman–Crippen MR) is 112 cm³/mol. The summed E-state index contributed by atoms with van der Waals surface area (Å²) in [5, 5.41) is 8.07. The summed E-state index contributed by atoms with van der Waals surface area (Å²) in [6.07, 6.45) is 23.6. The zero-order valence-electron chi connectivity index (χ0n) is 17.5. The van der Waals surface area contributed by atoms with Crippen LogP contribution >= 0.6 is 0 Å². The molecule has 4 heteroatoms. The molecule has 0 aromatic heterocycles. The number of aliphatic hydroxyl groups is 1. The van der Waals surface area contributed by atoms with Gasteiger partial charge in [-0.3, -0.25) is 4.79 Å². The molecule has 0 aliphatic rings. The van der Waals surface area contributed by atoms with Crippen molar-refractivity contribution in [1.82, 2.24) is 0 Å². The maximum Gasteiger partial charge on any atom is 0.324 e. The highest BCUT2D eigenvalue weighted by Gasteiger charge is 1.99. The Labute approximate surface area is 162 Å². The fourth-order valence-corrected chi connectivity index (χ4v) is 2.56. The second-order valence-corrected chi connectivity index (χ2v) is 6.90. The van der Waals surface area contributed by atoms with E-state index in [9.17, 15) is 4.79 Å². The molecule has 26 heavy (non-hydrogen) atoms. The molecule has 0 bridgehead atoms. The van der Waals surface area contributed by atoms with Crippen molar-refractivity contribution in [3.05, 3.63) is 12.2 Å². The lowest BCUT2D eigenvalue weighted by molar-refractivity contribution is -0.144. The lowest BCUT2D eigenvalue weighted by atomic mass is 10.1. The molecule has 0 spiro atoms. The summed E-state index contributed by atoms with van der Waals surface area (Å²) >= 11 is 0. The van der Waals surface area contributed by atoms with Crippen LogP contribution in [0.1, 0.15) is 117 Å². The van der Waals surface area contributed by atoms with E-state index in [4.69, 9.17) is 11.0 Å². The average molecular weight is 372 g/mol. The smallest absolute Gasteiger partial charge is 0.324 e. The Hall–Kier alpha value is -0.870. The predicted octanol–water partition coefficient (Wildman–Crippen LogP) is 6.22. The van der Waals surface area contributed by atoms with Crippen molar-refractivity contribution in [2.45, 2.75) is 117 Å². The maximum atomic E-state index is 10.8. The van der Waals surface area contributed by atoms with Gasteiger partial charge in [0.1, 0.15) is 0 Å². The molecule has 0 heterocycles. The molecule has 4 nitrogen and oxygen atoms in total. The minimum atomic E-state index is -0.298. The Bertz CT molecular complexity index is 291. The summed E-state index contributed by atoms with van der Waals surface area (Å²) in [7, 11) is 0. The van der Waals surface area contributed by atoms with Gasteiger partial charge in [0, 0.05) is 13.0 Å². The van der Waals surface area contributed by atoms with Crippen molar-refractivity contribution < 1.29 is 14.7 Å². The number of aliphatic hydroxyl groups excluding tert-OH is 1. The van der Waals surface area contributed by atoms with Crippen LogP contribution in [-0.4, -0.2) is 17.7 Å². The number of rotatable bonds is 17. The Morgan fingerprint density at radius 3 is 1.65 bits per heavy atom. The largest absolute Gasteiger partial charge is 0.396 e. The maximum absolute atomic E-state index is 10.8. The minimum Gasteiger partial charge on any atom is -0.396 e. The molecular formula is C22H45NO3. The van der Waals surface area contributed by atoms with E-state index in [0.29, 0.717) is 13.0 Å². The van der Waals surface area contributed by atoms with E-state index in [1.807, 2.05) is 0 Å². The zero-order chi connectivity index (χ0) is 19.7. The Morgan fingerprint density at radius 1 is 0.769 bits per heavy atom. The van der Waals surface area contributed by atoms with Gasteiger partial charge >= 0.3 is 5.97 Å². The highest BCUT2D eigenvalue weighted by atomic mass is 16.7. The summed E-state index contributed by atoms with van der Waals surface area (Å²) in [6.45, 7) is 4.66. The lowest BCUT2D eigenvalue weighted by Gasteiger charge is -2.00. The highest BCUT2D eigenvalue weighted by Crippen LogP contribution is 2.09. The third kappa shape index (κ3) is 28.0. The van der Waals surface area contributed by atoms with Crippen molar-refractivity contribution in [1.29, 1.82) is 0 Å². The first-order valence-corrected chi connectivity index (χ1v) is 10.9. The molecule has 0 aliphatic heterocycles. The number of hydrogen-bond acceptors (Lipinski definition) is 4. The molecule has 0 aromatic rings. The van der Waals surface area contributed by atoms with Gasteiger partial charge < -0.3 is 9.94 Å². The zero-order valence-corrected chi connectivity index (χ0v) is 17.5. The van der Waals surface area contributed by atoms with Crippen molar-refractivity contribution in [2.24, 2.45) is 5.90 Å². The van der Waals surface area contributed by atoms with Gasteiger partial charge in [0.15, 0.2) is 0 Å². The van der Waals surface area contributed by atoms with Gasteiger partial charge in [0.05, 0.1) is 0 Å². The van der Waals surface area contributed by atoms with E-state index in [1.165, 1.54) is 70.6 Å². The van der Waals surface area contributed by atoms with E-state index in [2.05, 4.69) is 30.8 Å². The van der Waals surface area contributed by atoms with Crippen molar-refractivity contribution in [2.75, 3.05) is 6.61 Å². The molecule has 0 saturated heterocycles. The molecule has 3 N–H and O–H groups in total. The van der Waals surface area contributed by atoms with E-state index in [0.717, 1.165) is 25.7 Å². The van der Waals surface area contributed by atoms with Crippen molar-refractivity contribution in [3.63, 3.8) is 0 Å². The first-order valence-electron chi connectivity index (χ1n) is 10.9. The summed E-state index contributed by atoms with van der Waals surface area (Å²) in [5.41, 5.74) is 0. The van der Waals surface area contributed by atoms with Gasteiger partial charge in [0.25, 0.3) is 0 Å². The quantitative estimate of drug-likeness (QED) is 0.181. The average Bonchev–Trinajstić information content (AvgIpc) is 2.65. The molecule has 0 fully saturated rings. The van der Waals surface area contributed by atoms with Crippen LogP contribution in [0.2, 0.25) is 0 Å². The molecule has 0 amide bonds. The molecule has 0 aromatic carbocycles. The normalized spacial score (nSPS) is 10.6. The summed E-state index contributed by atoms with van der Waals surface area (Å²) in [6, 6.07) is 0. The van der Waals surface area contributed by atoms with Crippen LogP contribution in [0.5, 0.6) is 0 Å². The molecule has 0 saturated carbocycles. The van der Waals surface area contributed by atoms with Crippen LogP contribution in [0.25, 0.3) is 0 Å². The molecular weight excluding hydrogens is 326 g/mol. The molecule has 0 aliphatic carbocycles. The fourth-order valence-electron chi connectivity index (χ4n) is 2.56. The van der Waals surface area contributed by atoms with E-state index >= 15 is 0 Å². The summed E-state index contributed by atoms with van der Waals surface area (Å²) in [5.74, 6) is 4.48. The molecule has 0 radical (unpaired) electrons. The van der Waals surface area contributed by atoms with E-state index in [1.54, 1.807) is 0 Å². The van der Waals surface area contributed by atoms with Crippen LogP contribution in [0.3, 0.4) is 0 Å². The fraction of sp³-hybridized carbons (Fsp3) is 0.864. The van der Waals surface area contributed by atoms with Crippen LogP contribution in [0.4, 0.5) is 0 Å². The van der Waals surface area contributed by atoms with Crippen LogP contribution < -0.4 is 5.90 Å². The first-order chi connectivity index (χ1) is 12.7. The number of unbranched alkanes of at least 4 members (excludes halogenated alkanes) is 12. The topological polar surface area (TPSA) is 72.5 Å². The highest BCUT2D eigenvalue weighted by molar-refractivity contribution is 5.68. The number of carbonyl (C=O) groups excluding carboxylic acids is 1. The van der Waals surface area contributed by atoms with E-state index < -0.39 is 0 Å². The van der Waals surface area contributed by atoms with Crippen LogP contribution in [0.15, 0.2) is 12.2 Å². The van der Waals surface area contributed by atoms with E-state index in [-0.39, 0.29) is 5.97 Å². The van der Waals surface area contributed by atoms with Gasteiger partial charge in [0.2, 0.25) is 0 Å². The molecule has 0 rings (SSSR count). The summed E-state index contributed by atoms with van der Waals surface area (Å²) < 4.78 is 0. The standard InChI is InChI=1S/C18H35NO2.C4H10O/c1-2-3-4-5-6-7-8-9-10-11-12-13-14-15-16-17-18(20)21-19;1-2-3-4-5/h9-10H,2-8,11-17,19H2,1H3;5H,2-4H2,1H3/b10-9-;. The van der Waals surface area contributed by atoms with Gasteiger partial charge in [-0.1, -0.05) is 83.8 Å². The molecule has 156 valence electrons. The second-order valence-electron chi connectivity index (χ2n) is 6.90. The number of allylic oxidation sites excluding steroid dienone is 2. The van der Waals surface area contributed by atoms with Gasteiger partial charge in [-0.25, -0.2) is 0 Å². The van der Waals surface area contributed by atoms with Crippen molar-refractivity contribution in [3.8, 4) is 0 Å². The molecule has 0 atom stereocenters. The second kappa shape index (κ2) is 26.4. The Morgan fingerprint density at radius 2 is 1.23 bits per heavy atom. The van der Waals surface area contributed by atoms with Crippen LogP contribution in [0, 0.1) is 0 Å². The van der Waals surface area contributed by atoms with Crippen LogP contribution in [-0.2, 0) is 9.63 Å². The number of carbonyl (C=O) groups is 1. The van der Waals surface area contributed by atoms with Gasteiger partial charge in [-0.2, -0.15) is 5.90 Å². The van der Waals surface area contributed by atoms with Crippen molar-refractivity contribution >= 4 is 5.97 Å². The Kier molecular flexibility index (Phi) is 27.7. The summed E-state index contributed by atoms with van der Waals surface area (Å²) in [4.78, 5) is 14.9. The third-order valence-electron chi connectivity index (χ3n) is 4.29. The Balaban J connectivity index is 0. The molecule has 0 unspecified atom stereocenters. The lowest BCUT2D eigenvalue weighted by Crippen LogP contribution is -2.08. The van der Waals surface area contributed by atoms with Gasteiger partial charge in [-0.15, -0.1) is 0 Å². The number of nitrogens with two attached hydrogens (primary N) is 1. The third-order valence-corrected chi connectivity index (χ3v) is 4.29. The monoisotopic (exact) mass is 371 g/mol.